The van der Waals surface area contributed by atoms with Gasteiger partial charge in [-0.3, -0.25) is 4.79 Å². The van der Waals surface area contributed by atoms with Crippen molar-refractivity contribution in [3.05, 3.63) is 54.0 Å². The van der Waals surface area contributed by atoms with E-state index < -0.39 is 0 Å². The van der Waals surface area contributed by atoms with Gasteiger partial charge in [0, 0.05) is 37.7 Å². The van der Waals surface area contributed by atoms with Gasteiger partial charge >= 0.3 is 0 Å². The molecule has 0 N–H and O–H groups in total. The minimum Gasteiger partial charge on any atom is -0.356 e. The Bertz CT molecular complexity index is 881. The number of hydrogen-bond acceptors (Lipinski definition) is 5. The van der Waals surface area contributed by atoms with Gasteiger partial charge in [0.15, 0.2) is 0 Å². The maximum atomic E-state index is 13.1. The standard InChI is InChI=1S/C21H21N5O/c1-2-18-14-20(23-15-22-18)25-12-9-17(10-13-25)21(27)26-19(8-11-24-26)16-6-4-3-5-7-16/h1,3-7,11,14-15,17,19H,8-10,12-13H2/t19-/m0/s1. The fourth-order valence-electron chi connectivity index (χ4n) is 3.72. The topological polar surface area (TPSA) is 61.7 Å². The molecule has 1 fully saturated rings. The highest BCUT2D eigenvalue weighted by Gasteiger charge is 2.34. The van der Waals surface area contributed by atoms with E-state index in [0.717, 1.165) is 43.7 Å². The molecule has 0 unspecified atom stereocenters. The van der Waals surface area contributed by atoms with Gasteiger partial charge in [-0.2, -0.15) is 5.10 Å². The third-order valence-corrected chi connectivity index (χ3v) is 5.21. The van der Waals surface area contributed by atoms with Crippen molar-refractivity contribution >= 4 is 17.9 Å². The first-order valence-corrected chi connectivity index (χ1v) is 9.20. The van der Waals surface area contributed by atoms with Crippen molar-refractivity contribution in [2.24, 2.45) is 11.0 Å². The van der Waals surface area contributed by atoms with Crippen molar-refractivity contribution in [3.8, 4) is 12.3 Å². The number of aromatic nitrogens is 2. The zero-order valence-electron chi connectivity index (χ0n) is 15.0. The highest BCUT2D eigenvalue weighted by atomic mass is 16.2. The molecule has 2 aliphatic heterocycles. The lowest BCUT2D eigenvalue weighted by Gasteiger charge is -2.34. The second-order valence-corrected chi connectivity index (χ2v) is 6.81. The molecule has 6 heteroatoms. The molecule has 0 bridgehead atoms. The second-order valence-electron chi connectivity index (χ2n) is 6.81. The number of rotatable bonds is 3. The Morgan fingerprint density at radius 2 is 1.93 bits per heavy atom. The molecule has 2 aliphatic rings. The molecule has 0 saturated carbocycles. The van der Waals surface area contributed by atoms with Crippen LogP contribution in [0.1, 0.15) is 36.6 Å². The van der Waals surface area contributed by atoms with E-state index in [1.54, 1.807) is 5.01 Å². The Balaban J connectivity index is 1.41. The second kappa shape index (κ2) is 7.58. The van der Waals surface area contributed by atoms with Crippen LogP contribution >= 0.6 is 0 Å². The van der Waals surface area contributed by atoms with Crippen molar-refractivity contribution in [2.45, 2.75) is 25.3 Å². The molecular weight excluding hydrogens is 338 g/mol. The van der Waals surface area contributed by atoms with Crippen LogP contribution in [0, 0.1) is 18.3 Å². The predicted octanol–water partition coefficient (Wildman–Crippen LogP) is 2.63. The van der Waals surface area contributed by atoms with E-state index in [2.05, 4.69) is 38.0 Å². The summed E-state index contributed by atoms with van der Waals surface area (Å²) >= 11 is 0. The lowest BCUT2D eigenvalue weighted by atomic mass is 9.94. The molecule has 6 nitrogen and oxygen atoms in total. The summed E-state index contributed by atoms with van der Waals surface area (Å²) in [6.07, 6.45) is 11.1. The van der Waals surface area contributed by atoms with Crippen molar-refractivity contribution in [3.63, 3.8) is 0 Å². The first kappa shape index (κ1) is 17.2. The van der Waals surface area contributed by atoms with Gasteiger partial charge in [0.25, 0.3) is 0 Å². The van der Waals surface area contributed by atoms with Crippen LogP contribution in [0.15, 0.2) is 47.8 Å². The van der Waals surface area contributed by atoms with Crippen LogP contribution in [0.3, 0.4) is 0 Å². The molecule has 1 amide bonds. The van der Waals surface area contributed by atoms with Crippen LogP contribution in [0.5, 0.6) is 0 Å². The fourth-order valence-corrected chi connectivity index (χ4v) is 3.72. The third-order valence-electron chi connectivity index (χ3n) is 5.21. The van der Waals surface area contributed by atoms with Gasteiger partial charge in [0.05, 0.1) is 6.04 Å². The van der Waals surface area contributed by atoms with Gasteiger partial charge in [-0.1, -0.05) is 36.3 Å². The molecule has 0 radical (unpaired) electrons. The van der Waals surface area contributed by atoms with Gasteiger partial charge in [0.2, 0.25) is 5.91 Å². The molecule has 136 valence electrons. The summed E-state index contributed by atoms with van der Waals surface area (Å²) in [4.78, 5) is 23.6. The Labute approximate surface area is 158 Å². The number of nitrogens with zero attached hydrogens (tertiary/aromatic N) is 5. The highest BCUT2D eigenvalue weighted by Crippen LogP contribution is 2.32. The molecule has 1 aromatic carbocycles. The maximum Gasteiger partial charge on any atom is 0.246 e. The first-order chi connectivity index (χ1) is 13.3. The van der Waals surface area contributed by atoms with Crippen LogP contribution in [-0.4, -0.2) is 40.2 Å². The van der Waals surface area contributed by atoms with Gasteiger partial charge in [-0.15, -0.1) is 6.42 Å². The van der Waals surface area contributed by atoms with Crippen molar-refractivity contribution in [1.82, 2.24) is 15.0 Å². The first-order valence-electron chi connectivity index (χ1n) is 9.20. The third kappa shape index (κ3) is 3.54. The van der Waals surface area contributed by atoms with Crippen molar-refractivity contribution < 1.29 is 4.79 Å². The lowest BCUT2D eigenvalue weighted by Crippen LogP contribution is -2.41. The number of hydrogen-bond donors (Lipinski definition) is 0. The average Bonchev–Trinajstić information content (AvgIpc) is 3.24. The van der Waals surface area contributed by atoms with Crippen molar-refractivity contribution in [2.75, 3.05) is 18.0 Å². The molecule has 27 heavy (non-hydrogen) atoms. The van der Waals surface area contributed by atoms with E-state index >= 15 is 0 Å². The monoisotopic (exact) mass is 359 g/mol. The summed E-state index contributed by atoms with van der Waals surface area (Å²) in [5, 5.41) is 6.05. The van der Waals surface area contributed by atoms with E-state index in [1.165, 1.54) is 6.33 Å². The largest absolute Gasteiger partial charge is 0.356 e. The van der Waals surface area contributed by atoms with Gasteiger partial charge in [-0.05, 0) is 18.4 Å². The Kier molecular flexibility index (Phi) is 4.84. The SMILES string of the molecule is C#Cc1cc(N2CCC(C(=O)N3N=CC[C@H]3c3ccccc3)CC2)ncn1. The molecule has 0 spiro atoms. The van der Waals surface area contributed by atoms with Crippen LogP contribution in [0.25, 0.3) is 0 Å². The summed E-state index contributed by atoms with van der Waals surface area (Å²) in [5.41, 5.74) is 1.71. The smallest absolute Gasteiger partial charge is 0.246 e. The van der Waals surface area contributed by atoms with Crippen LogP contribution in [0.4, 0.5) is 5.82 Å². The van der Waals surface area contributed by atoms with E-state index in [-0.39, 0.29) is 17.9 Å². The number of carbonyl (C=O) groups is 1. The summed E-state index contributed by atoms with van der Waals surface area (Å²) in [7, 11) is 0. The minimum atomic E-state index is -0.0170. The van der Waals surface area contributed by atoms with Gasteiger partial charge < -0.3 is 4.90 Å². The normalized spacial score (nSPS) is 19.9. The number of anilines is 1. The molecule has 4 rings (SSSR count). The van der Waals surface area contributed by atoms with E-state index in [1.807, 2.05) is 30.5 Å². The summed E-state index contributed by atoms with van der Waals surface area (Å²) < 4.78 is 0. The molecule has 2 aromatic rings. The van der Waals surface area contributed by atoms with Crippen LogP contribution in [0.2, 0.25) is 0 Å². The molecular formula is C21H21N5O. The molecule has 1 aromatic heterocycles. The van der Waals surface area contributed by atoms with Gasteiger partial charge in [-0.25, -0.2) is 15.0 Å². The van der Waals surface area contributed by atoms with Crippen LogP contribution < -0.4 is 4.90 Å². The Hall–Kier alpha value is -3.20. The quantitative estimate of drug-likeness (QED) is 0.791. The highest BCUT2D eigenvalue weighted by molar-refractivity contribution is 5.82. The minimum absolute atomic E-state index is 0.0109. The Morgan fingerprint density at radius 3 is 2.67 bits per heavy atom. The molecule has 3 heterocycles. The summed E-state index contributed by atoms with van der Waals surface area (Å²) in [6.45, 7) is 1.54. The van der Waals surface area contributed by atoms with Crippen LogP contribution in [-0.2, 0) is 4.79 Å². The molecule has 1 saturated heterocycles. The molecule has 1 atom stereocenters. The zero-order valence-corrected chi connectivity index (χ0v) is 15.0. The number of amides is 1. The average molecular weight is 359 g/mol. The molecule has 0 aliphatic carbocycles. The number of hydrazone groups is 1. The number of carbonyl (C=O) groups excluding carboxylic acids is 1. The van der Waals surface area contributed by atoms with Crippen molar-refractivity contribution in [1.29, 1.82) is 0 Å². The maximum absolute atomic E-state index is 13.1. The fraction of sp³-hybridized carbons (Fsp3) is 0.333. The Morgan fingerprint density at radius 1 is 1.15 bits per heavy atom. The van der Waals surface area contributed by atoms with E-state index in [9.17, 15) is 4.79 Å². The summed E-state index contributed by atoms with van der Waals surface area (Å²) in [6, 6.07) is 11.9. The lowest BCUT2D eigenvalue weighted by molar-refractivity contribution is -0.138. The predicted molar refractivity (Wildman–Crippen MR) is 104 cm³/mol. The summed E-state index contributed by atoms with van der Waals surface area (Å²) in [5.74, 6) is 3.46. The number of benzene rings is 1. The van der Waals surface area contributed by atoms with Gasteiger partial charge in [0.1, 0.15) is 17.8 Å². The van der Waals surface area contributed by atoms with E-state index in [0.29, 0.717) is 5.69 Å². The van der Waals surface area contributed by atoms with E-state index in [4.69, 9.17) is 6.42 Å². The number of piperidine rings is 1. The number of terminal acetylenes is 1. The zero-order chi connectivity index (χ0) is 18.6.